The summed E-state index contributed by atoms with van der Waals surface area (Å²) in [4.78, 5) is 18.5. The van der Waals surface area contributed by atoms with Crippen LogP contribution in [-0.2, 0) is 11.3 Å². The number of H-pyrrole nitrogens is 1. The molecular formula is C11H14N4O. The summed E-state index contributed by atoms with van der Waals surface area (Å²) in [7, 11) is 0. The van der Waals surface area contributed by atoms with Crippen molar-refractivity contribution in [3.8, 4) is 0 Å². The molecule has 1 aliphatic carbocycles. The van der Waals surface area contributed by atoms with Gasteiger partial charge in [0.2, 0.25) is 5.91 Å². The van der Waals surface area contributed by atoms with Crippen molar-refractivity contribution in [2.24, 2.45) is 5.73 Å². The highest BCUT2D eigenvalue weighted by Crippen LogP contribution is 2.14. The quantitative estimate of drug-likeness (QED) is 0.694. The van der Waals surface area contributed by atoms with E-state index in [9.17, 15) is 4.79 Å². The molecule has 0 radical (unpaired) electrons. The number of hydrogen-bond acceptors (Lipinski definition) is 3. The average Bonchev–Trinajstić information content (AvgIpc) is 2.80. The molecule has 1 heterocycles. The summed E-state index contributed by atoms with van der Waals surface area (Å²) in [5.41, 5.74) is 8.10. The van der Waals surface area contributed by atoms with E-state index in [4.69, 9.17) is 5.73 Å². The van der Waals surface area contributed by atoms with E-state index >= 15 is 0 Å². The molecule has 0 bridgehead atoms. The van der Waals surface area contributed by atoms with Crippen LogP contribution in [0.2, 0.25) is 0 Å². The highest BCUT2D eigenvalue weighted by atomic mass is 16.1. The monoisotopic (exact) mass is 218 g/mol. The van der Waals surface area contributed by atoms with Crippen LogP contribution < -0.4 is 11.1 Å². The van der Waals surface area contributed by atoms with Crippen molar-refractivity contribution in [1.29, 1.82) is 0 Å². The van der Waals surface area contributed by atoms with Crippen LogP contribution in [0, 0.1) is 0 Å². The number of imidazole rings is 1. The largest absolute Gasteiger partial charge is 0.402 e. The van der Waals surface area contributed by atoms with Gasteiger partial charge in [-0.1, -0.05) is 6.08 Å². The standard InChI is InChI=1S/C11H14N4O/c12-9-3-1-8(2-4-9)11(16)14-6-10-5-13-7-15-10/h1,3,5,7H,2,4,6,12H2,(H,13,15)(H,14,16). The third-order valence-electron chi connectivity index (χ3n) is 2.47. The van der Waals surface area contributed by atoms with Crippen molar-refractivity contribution in [3.05, 3.63) is 41.6 Å². The number of nitrogens with zero attached hydrogens (tertiary/aromatic N) is 1. The van der Waals surface area contributed by atoms with Crippen LogP contribution in [0.25, 0.3) is 0 Å². The number of aromatic nitrogens is 2. The Labute approximate surface area is 93.4 Å². The Morgan fingerprint density at radius 3 is 3.00 bits per heavy atom. The van der Waals surface area contributed by atoms with Crippen LogP contribution in [0.3, 0.4) is 0 Å². The van der Waals surface area contributed by atoms with Crippen LogP contribution in [0.5, 0.6) is 0 Å². The highest BCUT2D eigenvalue weighted by Gasteiger charge is 2.11. The zero-order chi connectivity index (χ0) is 11.4. The molecule has 0 fully saturated rings. The molecule has 0 unspecified atom stereocenters. The maximum atomic E-state index is 11.7. The number of amides is 1. The van der Waals surface area contributed by atoms with Crippen LogP contribution >= 0.6 is 0 Å². The van der Waals surface area contributed by atoms with E-state index < -0.39 is 0 Å². The first-order valence-electron chi connectivity index (χ1n) is 5.16. The first-order valence-corrected chi connectivity index (χ1v) is 5.16. The molecule has 0 aliphatic heterocycles. The third kappa shape index (κ3) is 2.50. The smallest absolute Gasteiger partial charge is 0.247 e. The molecule has 5 nitrogen and oxygen atoms in total. The van der Waals surface area contributed by atoms with Gasteiger partial charge in [-0.25, -0.2) is 4.98 Å². The van der Waals surface area contributed by atoms with E-state index in [1.54, 1.807) is 24.7 Å². The molecule has 16 heavy (non-hydrogen) atoms. The second kappa shape index (κ2) is 4.65. The van der Waals surface area contributed by atoms with Gasteiger partial charge >= 0.3 is 0 Å². The number of rotatable bonds is 3. The Bertz CT molecular complexity index is 431. The lowest BCUT2D eigenvalue weighted by Gasteiger charge is -2.11. The highest BCUT2D eigenvalue weighted by molar-refractivity contribution is 5.93. The van der Waals surface area contributed by atoms with Crippen molar-refractivity contribution < 1.29 is 4.79 Å². The average molecular weight is 218 g/mol. The van der Waals surface area contributed by atoms with E-state index in [2.05, 4.69) is 15.3 Å². The molecule has 0 spiro atoms. The van der Waals surface area contributed by atoms with E-state index in [1.807, 2.05) is 0 Å². The van der Waals surface area contributed by atoms with Gasteiger partial charge < -0.3 is 16.0 Å². The summed E-state index contributed by atoms with van der Waals surface area (Å²) in [5, 5.41) is 2.82. The summed E-state index contributed by atoms with van der Waals surface area (Å²) in [6.45, 7) is 0.468. The van der Waals surface area contributed by atoms with E-state index in [0.29, 0.717) is 13.0 Å². The van der Waals surface area contributed by atoms with E-state index in [-0.39, 0.29) is 5.91 Å². The van der Waals surface area contributed by atoms with Gasteiger partial charge in [0, 0.05) is 17.5 Å². The summed E-state index contributed by atoms with van der Waals surface area (Å²) in [5.74, 6) is -0.0432. The lowest BCUT2D eigenvalue weighted by molar-refractivity contribution is -0.117. The lowest BCUT2D eigenvalue weighted by atomic mass is 10.0. The minimum absolute atomic E-state index is 0.0432. The van der Waals surface area contributed by atoms with Gasteiger partial charge in [-0.05, 0) is 18.9 Å². The SMILES string of the molecule is NC1=CC=C(C(=O)NCc2cnc[nH]2)CC1. The van der Waals surface area contributed by atoms with Crippen molar-refractivity contribution >= 4 is 5.91 Å². The van der Waals surface area contributed by atoms with Gasteiger partial charge in [-0.2, -0.15) is 0 Å². The fraction of sp³-hybridized carbons (Fsp3) is 0.273. The fourth-order valence-corrected chi connectivity index (χ4v) is 1.51. The Kier molecular flexibility index (Phi) is 3.05. The molecule has 5 heteroatoms. The van der Waals surface area contributed by atoms with Crippen LogP contribution in [0.1, 0.15) is 18.5 Å². The molecular weight excluding hydrogens is 204 g/mol. The molecule has 84 valence electrons. The topological polar surface area (TPSA) is 83.8 Å². The zero-order valence-electron chi connectivity index (χ0n) is 8.86. The van der Waals surface area contributed by atoms with Gasteiger partial charge in [0.05, 0.1) is 18.6 Å². The normalized spacial score (nSPS) is 15.2. The number of carbonyl (C=O) groups is 1. The second-order valence-electron chi connectivity index (χ2n) is 3.69. The zero-order valence-corrected chi connectivity index (χ0v) is 8.86. The molecule has 0 aromatic carbocycles. The molecule has 1 amide bonds. The Balaban J connectivity index is 1.89. The summed E-state index contributed by atoms with van der Waals surface area (Å²) < 4.78 is 0. The first-order chi connectivity index (χ1) is 7.75. The molecule has 0 atom stereocenters. The van der Waals surface area contributed by atoms with Gasteiger partial charge in [0.25, 0.3) is 0 Å². The summed E-state index contributed by atoms with van der Waals surface area (Å²) in [6, 6.07) is 0. The molecule has 0 saturated carbocycles. The Hall–Kier alpha value is -2.04. The number of hydrogen-bond donors (Lipinski definition) is 3. The first kappa shape index (κ1) is 10.5. The van der Waals surface area contributed by atoms with E-state index in [0.717, 1.165) is 23.4 Å². The molecule has 1 aromatic rings. The van der Waals surface area contributed by atoms with E-state index in [1.165, 1.54) is 0 Å². The minimum Gasteiger partial charge on any atom is -0.402 e. The maximum absolute atomic E-state index is 11.7. The number of carbonyl (C=O) groups excluding carboxylic acids is 1. The number of aromatic amines is 1. The summed E-state index contributed by atoms with van der Waals surface area (Å²) in [6.07, 6.45) is 8.30. The molecule has 1 aliphatic rings. The van der Waals surface area contributed by atoms with Crippen molar-refractivity contribution in [2.45, 2.75) is 19.4 Å². The number of allylic oxidation sites excluding steroid dienone is 3. The molecule has 4 N–H and O–H groups in total. The minimum atomic E-state index is -0.0432. The second-order valence-corrected chi connectivity index (χ2v) is 3.69. The molecule has 1 aromatic heterocycles. The lowest BCUT2D eigenvalue weighted by Crippen LogP contribution is -2.25. The van der Waals surface area contributed by atoms with Gasteiger partial charge in [-0.3, -0.25) is 4.79 Å². The number of nitrogens with one attached hydrogen (secondary N) is 2. The summed E-state index contributed by atoms with van der Waals surface area (Å²) >= 11 is 0. The molecule has 0 saturated heterocycles. The van der Waals surface area contributed by atoms with Crippen LogP contribution in [0.15, 0.2) is 35.9 Å². The predicted octanol–water partition coefficient (Wildman–Crippen LogP) is 0.589. The van der Waals surface area contributed by atoms with Gasteiger partial charge in [0.15, 0.2) is 0 Å². The van der Waals surface area contributed by atoms with Gasteiger partial charge in [0.1, 0.15) is 0 Å². The number of nitrogens with two attached hydrogens (primary N) is 1. The van der Waals surface area contributed by atoms with Crippen molar-refractivity contribution in [2.75, 3.05) is 0 Å². The third-order valence-corrected chi connectivity index (χ3v) is 2.47. The molecule has 2 rings (SSSR count). The van der Waals surface area contributed by atoms with Gasteiger partial charge in [-0.15, -0.1) is 0 Å². The fourth-order valence-electron chi connectivity index (χ4n) is 1.51. The Morgan fingerprint density at radius 1 is 1.50 bits per heavy atom. The van der Waals surface area contributed by atoms with Crippen LogP contribution in [0.4, 0.5) is 0 Å². The van der Waals surface area contributed by atoms with Crippen molar-refractivity contribution in [3.63, 3.8) is 0 Å². The van der Waals surface area contributed by atoms with Crippen molar-refractivity contribution in [1.82, 2.24) is 15.3 Å². The maximum Gasteiger partial charge on any atom is 0.247 e. The Morgan fingerprint density at radius 2 is 2.38 bits per heavy atom. The van der Waals surface area contributed by atoms with Crippen LogP contribution in [-0.4, -0.2) is 15.9 Å². The predicted molar refractivity (Wildman–Crippen MR) is 60.0 cm³/mol.